The Bertz CT molecular complexity index is 418. The Morgan fingerprint density at radius 1 is 1.24 bits per heavy atom. The van der Waals surface area contributed by atoms with Crippen LogP contribution >= 0.6 is 0 Å². The lowest BCUT2D eigenvalue weighted by molar-refractivity contribution is 0.626. The zero-order chi connectivity index (χ0) is 12.3. The lowest BCUT2D eigenvalue weighted by Crippen LogP contribution is -2.13. The van der Waals surface area contributed by atoms with E-state index in [1.165, 1.54) is 42.4 Å². The van der Waals surface area contributed by atoms with Gasteiger partial charge in [-0.15, -0.1) is 0 Å². The summed E-state index contributed by atoms with van der Waals surface area (Å²) in [6, 6.07) is 6.74. The maximum absolute atomic E-state index is 6.35. The molecule has 0 spiro atoms. The van der Waals surface area contributed by atoms with Gasteiger partial charge in [-0.2, -0.15) is 0 Å². The molecule has 1 nitrogen and oxygen atoms in total. The Balaban J connectivity index is 2.10. The highest BCUT2D eigenvalue weighted by Crippen LogP contribution is 2.28. The van der Waals surface area contributed by atoms with Crippen LogP contribution in [0.4, 0.5) is 0 Å². The SMILES string of the molecule is Cc1ccc(C)c(C(N)CC2=CCCCC2)c1. The molecule has 0 bridgehead atoms. The molecule has 17 heavy (non-hydrogen) atoms. The van der Waals surface area contributed by atoms with Crippen molar-refractivity contribution < 1.29 is 0 Å². The predicted octanol–water partition coefficient (Wildman–Crippen LogP) is 4.19. The molecule has 1 atom stereocenters. The minimum Gasteiger partial charge on any atom is -0.324 e. The first-order chi connectivity index (χ1) is 8.16. The summed E-state index contributed by atoms with van der Waals surface area (Å²) in [5.41, 5.74) is 11.9. The van der Waals surface area contributed by atoms with E-state index >= 15 is 0 Å². The predicted molar refractivity (Wildman–Crippen MR) is 74.0 cm³/mol. The Kier molecular flexibility index (Phi) is 4.01. The minimum atomic E-state index is 0.166. The van der Waals surface area contributed by atoms with Gasteiger partial charge in [0.1, 0.15) is 0 Å². The molecule has 1 aliphatic carbocycles. The Morgan fingerprint density at radius 2 is 2.06 bits per heavy atom. The van der Waals surface area contributed by atoms with Gasteiger partial charge in [-0.05, 0) is 57.1 Å². The molecule has 0 amide bonds. The average molecular weight is 229 g/mol. The molecule has 2 N–H and O–H groups in total. The van der Waals surface area contributed by atoms with Crippen LogP contribution in [0.3, 0.4) is 0 Å². The van der Waals surface area contributed by atoms with E-state index in [-0.39, 0.29) is 6.04 Å². The molecule has 1 unspecified atom stereocenters. The summed E-state index contributed by atoms with van der Waals surface area (Å²) in [5, 5.41) is 0. The van der Waals surface area contributed by atoms with Crippen LogP contribution in [0.25, 0.3) is 0 Å². The standard InChI is InChI=1S/C16H23N/c1-12-8-9-13(2)15(10-12)16(17)11-14-6-4-3-5-7-14/h6,8-10,16H,3-5,7,11,17H2,1-2H3. The van der Waals surface area contributed by atoms with E-state index in [2.05, 4.69) is 38.1 Å². The molecule has 1 heteroatoms. The number of rotatable bonds is 3. The van der Waals surface area contributed by atoms with Gasteiger partial charge in [-0.1, -0.05) is 35.4 Å². The van der Waals surface area contributed by atoms with Crippen LogP contribution < -0.4 is 5.73 Å². The number of allylic oxidation sites excluding steroid dienone is 1. The van der Waals surface area contributed by atoms with E-state index in [9.17, 15) is 0 Å². The third-order valence-corrected chi connectivity index (χ3v) is 3.70. The lowest BCUT2D eigenvalue weighted by Gasteiger charge is -2.19. The van der Waals surface area contributed by atoms with Gasteiger partial charge in [0.15, 0.2) is 0 Å². The van der Waals surface area contributed by atoms with Gasteiger partial charge in [0.25, 0.3) is 0 Å². The maximum atomic E-state index is 6.35. The zero-order valence-electron chi connectivity index (χ0n) is 11.0. The minimum absolute atomic E-state index is 0.166. The number of aryl methyl sites for hydroxylation is 2. The second-order valence-electron chi connectivity index (χ2n) is 5.28. The highest BCUT2D eigenvalue weighted by Gasteiger charge is 2.12. The summed E-state index contributed by atoms with van der Waals surface area (Å²) < 4.78 is 0. The van der Waals surface area contributed by atoms with Crippen molar-refractivity contribution in [3.63, 3.8) is 0 Å². The van der Waals surface area contributed by atoms with Gasteiger partial charge < -0.3 is 5.73 Å². The van der Waals surface area contributed by atoms with Crippen molar-refractivity contribution in [2.45, 2.75) is 52.0 Å². The van der Waals surface area contributed by atoms with Crippen LogP contribution in [0.2, 0.25) is 0 Å². The van der Waals surface area contributed by atoms with E-state index in [1.54, 1.807) is 5.57 Å². The lowest BCUT2D eigenvalue weighted by atomic mass is 9.90. The largest absolute Gasteiger partial charge is 0.324 e. The summed E-state index contributed by atoms with van der Waals surface area (Å²) >= 11 is 0. The van der Waals surface area contributed by atoms with Crippen molar-refractivity contribution in [2.75, 3.05) is 0 Å². The molecule has 0 aliphatic heterocycles. The van der Waals surface area contributed by atoms with Crippen molar-refractivity contribution in [3.05, 3.63) is 46.5 Å². The average Bonchev–Trinajstić information content (AvgIpc) is 2.33. The first-order valence-corrected chi connectivity index (χ1v) is 6.67. The van der Waals surface area contributed by atoms with Crippen molar-refractivity contribution in [1.29, 1.82) is 0 Å². The number of nitrogens with two attached hydrogens (primary N) is 1. The monoisotopic (exact) mass is 229 g/mol. The second-order valence-corrected chi connectivity index (χ2v) is 5.28. The van der Waals surface area contributed by atoms with Crippen LogP contribution in [0.1, 0.15) is 54.8 Å². The van der Waals surface area contributed by atoms with Crippen molar-refractivity contribution in [3.8, 4) is 0 Å². The third-order valence-electron chi connectivity index (χ3n) is 3.70. The van der Waals surface area contributed by atoms with E-state index in [1.807, 2.05) is 0 Å². The van der Waals surface area contributed by atoms with Crippen LogP contribution in [0.5, 0.6) is 0 Å². The summed E-state index contributed by atoms with van der Waals surface area (Å²) in [7, 11) is 0. The Hall–Kier alpha value is -1.08. The fourth-order valence-electron chi connectivity index (χ4n) is 2.64. The number of hydrogen-bond donors (Lipinski definition) is 1. The van der Waals surface area contributed by atoms with Crippen LogP contribution in [0.15, 0.2) is 29.8 Å². The smallest absolute Gasteiger partial charge is 0.0335 e. The highest BCUT2D eigenvalue weighted by atomic mass is 14.6. The van der Waals surface area contributed by atoms with Gasteiger partial charge in [0.2, 0.25) is 0 Å². The van der Waals surface area contributed by atoms with E-state index in [0.29, 0.717) is 0 Å². The van der Waals surface area contributed by atoms with Crippen LogP contribution in [-0.4, -0.2) is 0 Å². The van der Waals surface area contributed by atoms with E-state index in [0.717, 1.165) is 6.42 Å². The molecule has 1 aromatic carbocycles. The summed E-state index contributed by atoms with van der Waals surface area (Å²) in [4.78, 5) is 0. The van der Waals surface area contributed by atoms with Crippen LogP contribution in [0, 0.1) is 13.8 Å². The Labute approximate surface area is 105 Å². The molecule has 0 fully saturated rings. The molecular weight excluding hydrogens is 206 g/mol. The summed E-state index contributed by atoms with van der Waals surface area (Å²) in [6.45, 7) is 4.29. The maximum Gasteiger partial charge on any atom is 0.0335 e. The molecular formula is C16H23N. The van der Waals surface area contributed by atoms with Gasteiger partial charge in [0.05, 0.1) is 0 Å². The van der Waals surface area contributed by atoms with Crippen molar-refractivity contribution in [2.24, 2.45) is 5.73 Å². The fraction of sp³-hybridized carbons (Fsp3) is 0.500. The topological polar surface area (TPSA) is 26.0 Å². The van der Waals surface area contributed by atoms with Gasteiger partial charge in [0, 0.05) is 6.04 Å². The molecule has 0 saturated heterocycles. The number of benzene rings is 1. The fourth-order valence-corrected chi connectivity index (χ4v) is 2.64. The first-order valence-electron chi connectivity index (χ1n) is 6.67. The van der Waals surface area contributed by atoms with Gasteiger partial charge >= 0.3 is 0 Å². The van der Waals surface area contributed by atoms with Crippen LogP contribution in [-0.2, 0) is 0 Å². The second kappa shape index (κ2) is 5.50. The first kappa shape index (κ1) is 12.4. The van der Waals surface area contributed by atoms with E-state index in [4.69, 9.17) is 5.73 Å². The third kappa shape index (κ3) is 3.19. The highest BCUT2D eigenvalue weighted by molar-refractivity contribution is 5.33. The number of hydrogen-bond acceptors (Lipinski definition) is 1. The molecule has 0 saturated carbocycles. The molecule has 0 radical (unpaired) electrons. The molecule has 0 heterocycles. The van der Waals surface area contributed by atoms with Crippen molar-refractivity contribution in [1.82, 2.24) is 0 Å². The summed E-state index contributed by atoms with van der Waals surface area (Å²) in [5.74, 6) is 0. The van der Waals surface area contributed by atoms with Crippen molar-refractivity contribution >= 4 is 0 Å². The normalized spacial score (nSPS) is 17.7. The quantitative estimate of drug-likeness (QED) is 0.773. The molecule has 92 valence electrons. The Morgan fingerprint density at radius 3 is 2.76 bits per heavy atom. The molecule has 1 aliphatic rings. The zero-order valence-corrected chi connectivity index (χ0v) is 11.0. The molecule has 2 rings (SSSR count). The molecule has 1 aromatic rings. The van der Waals surface area contributed by atoms with Gasteiger partial charge in [-0.25, -0.2) is 0 Å². The molecule has 0 aromatic heterocycles. The van der Waals surface area contributed by atoms with E-state index < -0.39 is 0 Å². The van der Waals surface area contributed by atoms with Gasteiger partial charge in [-0.3, -0.25) is 0 Å². The summed E-state index contributed by atoms with van der Waals surface area (Å²) in [6.07, 6.45) is 8.61.